The Morgan fingerprint density at radius 1 is 1.19 bits per heavy atom. The summed E-state index contributed by atoms with van der Waals surface area (Å²) >= 11 is 0. The van der Waals surface area contributed by atoms with Gasteiger partial charge in [-0.2, -0.15) is 5.10 Å². The third-order valence-corrected chi connectivity index (χ3v) is 4.10. The van der Waals surface area contributed by atoms with Gasteiger partial charge in [0, 0.05) is 5.71 Å². The van der Waals surface area contributed by atoms with Gasteiger partial charge in [0.05, 0.1) is 18.1 Å². The fourth-order valence-electron chi connectivity index (χ4n) is 2.84. The first-order valence-corrected chi connectivity index (χ1v) is 8.58. The highest BCUT2D eigenvalue weighted by atomic mass is 16.5. The Hall–Kier alpha value is -2.89. The summed E-state index contributed by atoms with van der Waals surface area (Å²) in [4.78, 5) is 24.5. The van der Waals surface area contributed by atoms with Gasteiger partial charge in [0.25, 0.3) is 5.91 Å². The number of benzene rings is 2. The Morgan fingerprint density at radius 3 is 2.38 bits per heavy atom. The van der Waals surface area contributed by atoms with E-state index in [9.17, 15) is 14.7 Å². The fourth-order valence-corrected chi connectivity index (χ4v) is 2.84. The SMILES string of the molecule is CCOC(=O)[C@@H](/C(C)=N\NC(=O)c1cc2ccccc2cc1O)C(C)C. The molecular weight excluding hydrogens is 332 g/mol. The van der Waals surface area contributed by atoms with Gasteiger partial charge in [-0.05, 0) is 42.7 Å². The molecule has 1 amide bonds. The summed E-state index contributed by atoms with van der Waals surface area (Å²) in [5.41, 5.74) is 2.99. The zero-order chi connectivity index (χ0) is 19.3. The number of hydrogen-bond donors (Lipinski definition) is 2. The van der Waals surface area contributed by atoms with Crippen molar-refractivity contribution < 1.29 is 19.4 Å². The third-order valence-electron chi connectivity index (χ3n) is 4.10. The predicted octanol–water partition coefficient (Wildman–Crippen LogP) is 3.49. The number of amides is 1. The second kappa shape index (κ2) is 8.47. The van der Waals surface area contributed by atoms with Gasteiger partial charge in [-0.15, -0.1) is 0 Å². The second-order valence-electron chi connectivity index (χ2n) is 6.38. The molecule has 0 spiro atoms. The van der Waals surface area contributed by atoms with Crippen molar-refractivity contribution in [2.75, 3.05) is 6.61 Å². The standard InChI is InChI=1S/C20H24N2O4/c1-5-26-20(25)18(12(2)3)13(4)21-22-19(24)16-10-14-8-6-7-9-15(14)11-17(16)23/h6-12,18,23H,5H2,1-4H3,(H,22,24)/b21-13-/t18-/m1/s1. The van der Waals surface area contributed by atoms with Crippen LogP contribution in [0.2, 0.25) is 0 Å². The molecule has 0 saturated carbocycles. The molecule has 0 heterocycles. The molecule has 0 unspecified atom stereocenters. The molecule has 6 heteroatoms. The number of carbonyl (C=O) groups is 2. The van der Waals surface area contributed by atoms with Crippen LogP contribution in [0.15, 0.2) is 41.5 Å². The zero-order valence-corrected chi connectivity index (χ0v) is 15.4. The Bertz CT molecular complexity index is 843. The van der Waals surface area contributed by atoms with Crippen LogP contribution in [0.1, 0.15) is 38.1 Å². The molecule has 0 radical (unpaired) electrons. The Balaban J connectivity index is 2.22. The largest absolute Gasteiger partial charge is 0.507 e. The van der Waals surface area contributed by atoms with E-state index in [1.54, 1.807) is 19.9 Å². The van der Waals surface area contributed by atoms with Crippen molar-refractivity contribution in [3.63, 3.8) is 0 Å². The molecule has 2 aromatic rings. The van der Waals surface area contributed by atoms with Crippen LogP contribution in [0, 0.1) is 11.8 Å². The van der Waals surface area contributed by atoms with Crippen LogP contribution < -0.4 is 5.43 Å². The lowest BCUT2D eigenvalue weighted by Crippen LogP contribution is -2.31. The van der Waals surface area contributed by atoms with Gasteiger partial charge in [0.15, 0.2) is 0 Å². The number of phenols is 1. The molecule has 2 N–H and O–H groups in total. The van der Waals surface area contributed by atoms with E-state index in [0.717, 1.165) is 10.8 Å². The maximum absolute atomic E-state index is 12.4. The van der Waals surface area contributed by atoms with E-state index in [0.29, 0.717) is 5.71 Å². The number of phenolic OH excluding ortho intramolecular Hbond substituents is 1. The lowest BCUT2D eigenvalue weighted by molar-refractivity contribution is -0.146. The molecule has 1 atom stereocenters. The van der Waals surface area contributed by atoms with E-state index in [2.05, 4.69) is 10.5 Å². The van der Waals surface area contributed by atoms with Crippen LogP contribution in [0.4, 0.5) is 0 Å². The monoisotopic (exact) mass is 356 g/mol. The van der Waals surface area contributed by atoms with Crippen LogP contribution in [0.25, 0.3) is 10.8 Å². The molecule has 2 aromatic carbocycles. The maximum atomic E-state index is 12.4. The summed E-state index contributed by atoms with van der Waals surface area (Å²) in [5.74, 6) is -1.60. The molecule has 0 aliphatic rings. The van der Waals surface area contributed by atoms with Crippen molar-refractivity contribution in [2.45, 2.75) is 27.7 Å². The van der Waals surface area contributed by atoms with Crippen LogP contribution in [0.5, 0.6) is 5.75 Å². The molecule has 0 aromatic heterocycles. The van der Waals surface area contributed by atoms with Gasteiger partial charge < -0.3 is 9.84 Å². The third kappa shape index (κ3) is 4.39. The number of carbonyl (C=O) groups excluding carboxylic acids is 2. The minimum absolute atomic E-state index is 0.0243. The Morgan fingerprint density at radius 2 is 1.81 bits per heavy atom. The summed E-state index contributed by atoms with van der Waals surface area (Å²) in [5, 5.41) is 15.8. The van der Waals surface area contributed by atoms with Gasteiger partial charge in [0.1, 0.15) is 5.75 Å². The van der Waals surface area contributed by atoms with Gasteiger partial charge in [-0.3, -0.25) is 9.59 Å². The maximum Gasteiger partial charge on any atom is 0.314 e. The van der Waals surface area contributed by atoms with Crippen molar-refractivity contribution in [2.24, 2.45) is 16.9 Å². The Labute approximate surface area is 152 Å². The minimum Gasteiger partial charge on any atom is -0.507 e. The first-order valence-electron chi connectivity index (χ1n) is 8.58. The zero-order valence-electron chi connectivity index (χ0n) is 15.4. The average Bonchev–Trinajstić information content (AvgIpc) is 2.59. The molecule has 0 aliphatic heterocycles. The first-order chi connectivity index (χ1) is 12.3. The van der Waals surface area contributed by atoms with E-state index in [4.69, 9.17) is 4.74 Å². The van der Waals surface area contributed by atoms with Crippen LogP contribution in [0.3, 0.4) is 0 Å². The van der Waals surface area contributed by atoms with Crippen molar-refractivity contribution in [3.8, 4) is 5.75 Å². The van der Waals surface area contributed by atoms with Crippen LogP contribution in [-0.4, -0.2) is 29.3 Å². The molecule has 0 fully saturated rings. The number of fused-ring (bicyclic) bond motifs is 1. The Kier molecular flexibility index (Phi) is 6.33. The molecule has 138 valence electrons. The molecule has 0 aliphatic carbocycles. The van der Waals surface area contributed by atoms with Crippen molar-refractivity contribution in [1.82, 2.24) is 5.43 Å². The number of ether oxygens (including phenoxy) is 1. The summed E-state index contributed by atoms with van der Waals surface area (Å²) in [6.45, 7) is 7.47. The summed E-state index contributed by atoms with van der Waals surface area (Å²) in [7, 11) is 0. The number of nitrogens with one attached hydrogen (secondary N) is 1. The van der Waals surface area contributed by atoms with Gasteiger partial charge >= 0.3 is 5.97 Å². The van der Waals surface area contributed by atoms with E-state index in [1.165, 1.54) is 6.07 Å². The highest BCUT2D eigenvalue weighted by molar-refractivity contribution is 6.04. The van der Waals surface area contributed by atoms with Gasteiger partial charge in [0.2, 0.25) is 0 Å². The number of hydrogen-bond acceptors (Lipinski definition) is 5. The smallest absolute Gasteiger partial charge is 0.314 e. The summed E-state index contributed by atoms with van der Waals surface area (Å²) < 4.78 is 5.07. The topological polar surface area (TPSA) is 88.0 Å². The van der Waals surface area contributed by atoms with E-state index in [-0.39, 0.29) is 29.8 Å². The summed E-state index contributed by atoms with van der Waals surface area (Å²) in [6, 6.07) is 10.6. The normalized spacial score (nSPS) is 12.9. The lowest BCUT2D eigenvalue weighted by Gasteiger charge is -2.18. The van der Waals surface area contributed by atoms with Crippen LogP contribution in [-0.2, 0) is 9.53 Å². The number of rotatable bonds is 6. The molecule has 26 heavy (non-hydrogen) atoms. The lowest BCUT2D eigenvalue weighted by atomic mass is 9.92. The number of esters is 1. The molecule has 0 saturated heterocycles. The summed E-state index contributed by atoms with van der Waals surface area (Å²) in [6.07, 6.45) is 0. The van der Waals surface area contributed by atoms with Crippen molar-refractivity contribution >= 4 is 28.4 Å². The highest BCUT2D eigenvalue weighted by Crippen LogP contribution is 2.25. The molecule has 0 bridgehead atoms. The predicted molar refractivity (Wildman–Crippen MR) is 101 cm³/mol. The van der Waals surface area contributed by atoms with Crippen molar-refractivity contribution in [1.29, 1.82) is 0 Å². The molecular formula is C20H24N2O4. The van der Waals surface area contributed by atoms with Crippen molar-refractivity contribution in [3.05, 3.63) is 42.0 Å². The molecule has 2 rings (SSSR count). The minimum atomic E-state index is -0.543. The van der Waals surface area contributed by atoms with Gasteiger partial charge in [-0.25, -0.2) is 5.43 Å². The number of hydrazone groups is 1. The highest BCUT2D eigenvalue weighted by Gasteiger charge is 2.27. The first kappa shape index (κ1) is 19.4. The van der Waals surface area contributed by atoms with E-state index < -0.39 is 11.8 Å². The average molecular weight is 356 g/mol. The fraction of sp³-hybridized carbons (Fsp3) is 0.350. The second-order valence-corrected chi connectivity index (χ2v) is 6.38. The number of aromatic hydroxyl groups is 1. The van der Waals surface area contributed by atoms with E-state index >= 15 is 0 Å². The van der Waals surface area contributed by atoms with Gasteiger partial charge in [-0.1, -0.05) is 38.1 Å². The number of nitrogens with zero attached hydrogens (tertiary/aromatic N) is 1. The molecule has 6 nitrogen and oxygen atoms in total. The van der Waals surface area contributed by atoms with Crippen LogP contribution >= 0.6 is 0 Å². The quantitative estimate of drug-likeness (QED) is 0.471. The van der Waals surface area contributed by atoms with E-state index in [1.807, 2.05) is 38.1 Å².